The predicted molar refractivity (Wildman–Crippen MR) is 51.6 cm³/mol. The highest BCUT2D eigenvalue weighted by Crippen LogP contribution is 2.27. The number of nitrogens with zero attached hydrogens (tertiary/aromatic N) is 1. The van der Waals surface area contributed by atoms with Gasteiger partial charge in [0.05, 0.1) is 10.4 Å². The largest absolute Gasteiger partial charge is 0.313 e. The molecule has 1 unspecified atom stereocenters. The van der Waals surface area contributed by atoms with Crippen molar-refractivity contribution in [3.63, 3.8) is 0 Å². The van der Waals surface area contributed by atoms with E-state index in [0.717, 1.165) is 5.70 Å². The van der Waals surface area contributed by atoms with Gasteiger partial charge in [-0.05, 0) is 18.9 Å². The van der Waals surface area contributed by atoms with Crippen molar-refractivity contribution in [2.24, 2.45) is 16.6 Å². The van der Waals surface area contributed by atoms with Crippen molar-refractivity contribution in [2.45, 2.75) is 25.6 Å². The van der Waals surface area contributed by atoms with Crippen molar-refractivity contribution in [1.29, 1.82) is 0 Å². The molecule has 11 heavy (non-hydrogen) atoms. The lowest BCUT2D eigenvalue weighted by molar-refractivity contribution is 0.727. The van der Waals surface area contributed by atoms with Gasteiger partial charge in [-0.15, -0.1) is 0 Å². The summed E-state index contributed by atoms with van der Waals surface area (Å²) in [6.45, 7) is 6.23. The molecule has 0 aromatic rings. The highest BCUT2D eigenvalue weighted by atomic mass is 32.2. The summed E-state index contributed by atoms with van der Waals surface area (Å²) in [4.78, 5) is 3.98. The fourth-order valence-electron chi connectivity index (χ4n) is 0.881. The molecule has 0 aromatic carbocycles. The maximum atomic E-state index is 5.90. The molecule has 2 nitrogen and oxygen atoms in total. The van der Waals surface area contributed by atoms with Crippen LogP contribution in [0, 0.1) is 5.92 Å². The van der Waals surface area contributed by atoms with Crippen LogP contribution >= 0.6 is 11.8 Å². The van der Waals surface area contributed by atoms with Gasteiger partial charge in [0.25, 0.3) is 0 Å². The van der Waals surface area contributed by atoms with E-state index in [4.69, 9.17) is 5.73 Å². The Bertz CT molecular complexity index is 204. The molecule has 0 fully saturated rings. The Morgan fingerprint density at radius 1 is 1.64 bits per heavy atom. The van der Waals surface area contributed by atoms with Crippen LogP contribution in [-0.2, 0) is 0 Å². The van der Waals surface area contributed by atoms with Crippen LogP contribution in [0.5, 0.6) is 0 Å². The van der Waals surface area contributed by atoms with Gasteiger partial charge in [-0.2, -0.15) is 0 Å². The second-order valence-electron chi connectivity index (χ2n) is 3.26. The summed E-state index contributed by atoms with van der Waals surface area (Å²) in [5.74, 6) is 0.468. The smallest absolute Gasteiger partial charge is 0.0854 e. The van der Waals surface area contributed by atoms with Crippen LogP contribution in [0.15, 0.2) is 16.8 Å². The van der Waals surface area contributed by atoms with Gasteiger partial charge in [0.2, 0.25) is 0 Å². The van der Waals surface area contributed by atoms with Gasteiger partial charge in [0.15, 0.2) is 0 Å². The zero-order valence-corrected chi connectivity index (χ0v) is 7.98. The molecule has 3 heteroatoms. The molecule has 0 spiro atoms. The number of aliphatic imine (C=N–C) groups is 1. The molecule has 0 amide bonds. The third-order valence-electron chi connectivity index (χ3n) is 1.53. The molecule has 0 bridgehead atoms. The van der Waals surface area contributed by atoms with Gasteiger partial charge in [0, 0.05) is 5.70 Å². The number of hydrogen-bond donors (Lipinski definition) is 1. The zero-order chi connectivity index (χ0) is 8.48. The molecular formula is C8H14N2S. The van der Waals surface area contributed by atoms with E-state index in [1.165, 1.54) is 0 Å². The van der Waals surface area contributed by atoms with E-state index < -0.39 is 0 Å². The number of nitrogens with two attached hydrogens (primary N) is 1. The molecular weight excluding hydrogens is 156 g/mol. The summed E-state index contributed by atoms with van der Waals surface area (Å²) in [6, 6.07) is 0. The minimum atomic E-state index is -0.263. The quantitative estimate of drug-likeness (QED) is 0.653. The Morgan fingerprint density at radius 3 is 2.64 bits per heavy atom. The highest BCUT2D eigenvalue weighted by molar-refractivity contribution is 8.13. The Hall–Kier alpha value is -0.280. The Morgan fingerprint density at radius 2 is 2.27 bits per heavy atom. The van der Waals surface area contributed by atoms with E-state index in [2.05, 4.69) is 18.8 Å². The van der Waals surface area contributed by atoms with Gasteiger partial charge >= 0.3 is 0 Å². The van der Waals surface area contributed by atoms with Crippen molar-refractivity contribution >= 4 is 17.3 Å². The molecule has 0 radical (unpaired) electrons. The van der Waals surface area contributed by atoms with Gasteiger partial charge in [0.1, 0.15) is 0 Å². The minimum Gasteiger partial charge on any atom is -0.313 e. The molecule has 0 saturated carbocycles. The lowest BCUT2D eigenvalue weighted by atomic mass is 10.1. The van der Waals surface area contributed by atoms with E-state index in [9.17, 15) is 0 Å². The van der Waals surface area contributed by atoms with Gasteiger partial charge in [-0.1, -0.05) is 25.6 Å². The number of allylic oxidation sites excluding steroid dienone is 1. The molecule has 2 N–H and O–H groups in total. The molecule has 0 saturated heterocycles. The minimum absolute atomic E-state index is 0.263. The van der Waals surface area contributed by atoms with E-state index in [0.29, 0.717) is 5.92 Å². The van der Waals surface area contributed by atoms with Crippen molar-refractivity contribution in [3.05, 3.63) is 11.8 Å². The summed E-state index contributed by atoms with van der Waals surface area (Å²) >= 11 is 1.55. The van der Waals surface area contributed by atoms with Crippen LogP contribution in [0.3, 0.4) is 0 Å². The third-order valence-corrected chi connectivity index (χ3v) is 2.37. The molecule has 1 aliphatic heterocycles. The summed E-state index contributed by atoms with van der Waals surface area (Å²) in [6.07, 6.45) is 2.03. The SMILES string of the molecule is CC(C)C1=CC(C)(N)SC=N1. The van der Waals surface area contributed by atoms with Crippen molar-refractivity contribution in [2.75, 3.05) is 0 Å². The van der Waals surface area contributed by atoms with Crippen molar-refractivity contribution in [1.82, 2.24) is 0 Å². The predicted octanol–water partition coefficient (Wildman–Crippen LogP) is 1.98. The van der Waals surface area contributed by atoms with E-state index in [-0.39, 0.29) is 4.87 Å². The molecule has 62 valence electrons. The monoisotopic (exact) mass is 170 g/mol. The Balaban J connectivity index is 2.81. The van der Waals surface area contributed by atoms with Crippen LogP contribution in [0.25, 0.3) is 0 Å². The first-order chi connectivity index (χ1) is 5.01. The lowest BCUT2D eigenvalue weighted by Gasteiger charge is -2.22. The maximum absolute atomic E-state index is 5.90. The fourth-order valence-corrected chi connectivity index (χ4v) is 1.47. The standard InChI is InChI=1S/C8H14N2S/c1-6(2)7-4-8(3,9)11-5-10-7/h4-6H,9H2,1-3H3. The number of hydrogen-bond acceptors (Lipinski definition) is 3. The average Bonchev–Trinajstić information content (AvgIpc) is 1.85. The summed E-state index contributed by atoms with van der Waals surface area (Å²) in [5, 5.41) is 0. The topological polar surface area (TPSA) is 38.4 Å². The van der Waals surface area contributed by atoms with Crippen molar-refractivity contribution < 1.29 is 0 Å². The normalized spacial score (nSPS) is 30.8. The Labute approximate surface area is 72.0 Å². The van der Waals surface area contributed by atoms with Crippen LogP contribution < -0.4 is 5.73 Å². The van der Waals surface area contributed by atoms with Crippen LogP contribution in [-0.4, -0.2) is 10.4 Å². The average molecular weight is 170 g/mol. The van der Waals surface area contributed by atoms with E-state index in [1.807, 2.05) is 18.5 Å². The van der Waals surface area contributed by atoms with Crippen molar-refractivity contribution in [3.8, 4) is 0 Å². The highest BCUT2D eigenvalue weighted by Gasteiger charge is 2.20. The first-order valence-electron chi connectivity index (χ1n) is 3.73. The van der Waals surface area contributed by atoms with E-state index in [1.54, 1.807) is 11.8 Å². The lowest BCUT2D eigenvalue weighted by Crippen LogP contribution is -2.31. The van der Waals surface area contributed by atoms with Gasteiger partial charge in [-0.3, -0.25) is 4.99 Å². The number of thioether (sulfide) groups is 1. The van der Waals surface area contributed by atoms with Gasteiger partial charge < -0.3 is 5.73 Å². The third kappa shape index (κ3) is 2.34. The van der Waals surface area contributed by atoms with Crippen LogP contribution in [0.4, 0.5) is 0 Å². The summed E-state index contributed by atoms with van der Waals surface area (Å²) in [7, 11) is 0. The van der Waals surface area contributed by atoms with Crippen LogP contribution in [0.2, 0.25) is 0 Å². The van der Waals surface area contributed by atoms with Gasteiger partial charge in [-0.25, -0.2) is 0 Å². The molecule has 0 aromatic heterocycles. The molecule has 1 atom stereocenters. The molecule has 1 rings (SSSR count). The van der Waals surface area contributed by atoms with Crippen LogP contribution in [0.1, 0.15) is 20.8 Å². The second-order valence-corrected chi connectivity index (χ2v) is 4.59. The van der Waals surface area contributed by atoms with E-state index >= 15 is 0 Å². The summed E-state index contributed by atoms with van der Waals surface area (Å²) < 4.78 is 0. The number of rotatable bonds is 1. The Kier molecular flexibility index (Phi) is 2.40. The molecule has 1 aliphatic rings. The zero-order valence-electron chi connectivity index (χ0n) is 7.16. The fraction of sp³-hybridized carbons (Fsp3) is 0.625. The molecule has 0 aliphatic carbocycles. The first-order valence-corrected chi connectivity index (χ1v) is 4.61. The summed E-state index contributed by atoms with van der Waals surface area (Å²) in [5.41, 5.74) is 8.82. The molecule has 1 heterocycles. The second kappa shape index (κ2) is 2.99. The maximum Gasteiger partial charge on any atom is 0.0854 e. The first kappa shape index (κ1) is 8.81.